The van der Waals surface area contributed by atoms with E-state index in [2.05, 4.69) is 13.0 Å². The highest BCUT2D eigenvalue weighted by atomic mass is 16.5. The van der Waals surface area contributed by atoms with Crippen molar-refractivity contribution in [1.82, 2.24) is 0 Å². The largest absolute Gasteiger partial charge is 0.462 e. The topological polar surface area (TPSA) is 107 Å². The Labute approximate surface area is 188 Å². The number of hydrogen-bond donors (Lipinski definition) is 1. The Kier molecular flexibility index (Phi) is 5.43. The van der Waals surface area contributed by atoms with Gasteiger partial charge in [0.1, 0.15) is 23.6 Å². The molecule has 0 aromatic heterocycles. The molecule has 1 N–H and O–H groups in total. The smallest absolute Gasteiger partial charge is 0.302 e. The van der Waals surface area contributed by atoms with E-state index in [1.807, 2.05) is 0 Å². The van der Waals surface area contributed by atoms with Crippen molar-refractivity contribution in [3.8, 4) is 0 Å². The van der Waals surface area contributed by atoms with Crippen LogP contribution in [0, 0.1) is 28.6 Å². The molecule has 0 bridgehead atoms. The Bertz CT molecular complexity index is 906. The van der Waals surface area contributed by atoms with Crippen molar-refractivity contribution in [2.75, 3.05) is 0 Å². The molecule has 0 radical (unpaired) electrons. The van der Waals surface area contributed by atoms with Crippen LogP contribution in [-0.4, -0.2) is 46.4 Å². The van der Waals surface area contributed by atoms with E-state index in [-0.39, 0.29) is 47.3 Å². The minimum Gasteiger partial charge on any atom is -0.462 e. The average molecular weight is 447 g/mol. The molecule has 0 saturated heterocycles. The molecule has 4 rings (SSSR count). The van der Waals surface area contributed by atoms with E-state index in [1.165, 1.54) is 26.3 Å². The average Bonchev–Trinajstić information content (AvgIpc) is 2.90. The van der Waals surface area contributed by atoms with Gasteiger partial charge in [-0.1, -0.05) is 25.5 Å². The molecule has 0 aliphatic heterocycles. The van der Waals surface area contributed by atoms with Crippen LogP contribution in [0.15, 0.2) is 11.6 Å². The summed E-state index contributed by atoms with van der Waals surface area (Å²) in [5.74, 6) is -2.36. The van der Waals surface area contributed by atoms with Crippen LogP contribution in [0.5, 0.6) is 0 Å². The molecule has 0 heterocycles. The van der Waals surface area contributed by atoms with Crippen LogP contribution >= 0.6 is 0 Å². The highest BCUT2D eigenvalue weighted by Crippen LogP contribution is 2.67. The summed E-state index contributed by atoms with van der Waals surface area (Å²) in [6, 6.07) is 0. The Morgan fingerprint density at radius 2 is 1.69 bits per heavy atom. The molecule has 8 unspecified atom stereocenters. The number of carbonyl (C=O) groups excluding carboxylic acids is 4. The number of ketones is 2. The summed E-state index contributed by atoms with van der Waals surface area (Å²) in [7, 11) is 0. The summed E-state index contributed by atoms with van der Waals surface area (Å²) < 4.78 is 11.2. The maximum Gasteiger partial charge on any atom is 0.302 e. The molecule has 3 saturated carbocycles. The highest BCUT2D eigenvalue weighted by Gasteiger charge is 2.75. The molecular weight excluding hydrogens is 412 g/mol. The van der Waals surface area contributed by atoms with Crippen molar-refractivity contribution in [1.29, 1.82) is 0 Å². The number of esters is 2. The molecule has 176 valence electrons. The minimum atomic E-state index is -1.73. The van der Waals surface area contributed by atoms with E-state index in [9.17, 15) is 24.3 Å². The number of ether oxygens (including phenoxy) is 2. The van der Waals surface area contributed by atoms with Crippen LogP contribution in [0.3, 0.4) is 0 Å². The van der Waals surface area contributed by atoms with Crippen molar-refractivity contribution >= 4 is 23.5 Å². The van der Waals surface area contributed by atoms with E-state index in [0.717, 1.165) is 6.42 Å². The summed E-state index contributed by atoms with van der Waals surface area (Å²) in [5.41, 5.74) is -2.01. The molecule has 8 atom stereocenters. The van der Waals surface area contributed by atoms with Crippen LogP contribution < -0.4 is 0 Å². The molecule has 7 heteroatoms. The number of hydrogen-bond acceptors (Lipinski definition) is 7. The first-order chi connectivity index (χ1) is 14.9. The number of carbonyl (C=O) groups is 4. The first-order valence-electron chi connectivity index (χ1n) is 11.7. The Morgan fingerprint density at radius 3 is 2.28 bits per heavy atom. The van der Waals surface area contributed by atoms with Crippen molar-refractivity contribution in [3.05, 3.63) is 11.6 Å². The summed E-state index contributed by atoms with van der Waals surface area (Å²) in [5, 5.41) is 12.1. The Balaban J connectivity index is 1.78. The number of rotatable bonds is 3. The van der Waals surface area contributed by atoms with Crippen LogP contribution in [0.25, 0.3) is 0 Å². The maximum atomic E-state index is 13.4. The summed E-state index contributed by atoms with van der Waals surface area (Å²) in [6.45, 7) is 8.09. The zero-order valence-electron chi connectivity index (χ0n) is 19.6. The fraction of sp³-hybridized carbons (Fsp3) is 0.760. The van der Waals surface area contributed by atoms with Gasteiger partial charge in [-0.15, -0.1) is 0 Å². The highest BCUT2D eigenvalue weighted by molar-refractivity contribution is 5.98. The molecular formula is C25H34O7. The summed E-state index contributed by atoms with van der Waals surface area (Å²) in [4.78, 5) is 49.4. The summed E-state index contributed by atoms with van der Waals surface area (Å²) >= 11 is 0. The summed E-state index contributed by atoms with van der Waals surface area (Å²) in [6.07, 6.45) is 4.28. The number of aliphatic hydroxyl groups is 1. The van der Waals surface area contributed by atoms with Gasteiger partial charge < -0.3 is 14.6 Å². The van der Waals surface area contributed by atoms with Gasteiger partial charge in [-0.25, -0.2) is 0 Å². The molecule has 4 aliphatic carbocycles. The van der Waals surface area contributed by atoms with Gasteiger partial charge in [0.05, 0.1) is 5.41 Å². The lowest BCUT2D eigenvalue weighted by atomic mass is 9.44. The van der Waals surface area contributed by atoms with Gasteiger partial charge in [0.15, 0.2) is 5.78 Å². The Morgan fingerprint density at radius 1 is 1.03 bits per heavy atom. The zero-order chi connectivity index (χ0) is 23.6. The normalized spacial score (nSPS) is 45.1. The molecule has 3 fully saturated rings. The van der Waals surface area contributed by atoms with E-state index in [0.29, 0.717) is 25.7 Å². The lowest BCUT2D eigenvalue weighted by Crippen LogP contribution is -2.68. The van der Waals surface area contributed by atoms with Crippen LogP contribution in [-0.2, 0) is 28.7 Å². The lowest BCUT2D eigenvalue weighted by Gasteiger charge is -2.62. The number of Topliss-reactive ketones (excluding diaryl/α,β-unsaturated/α-hetero) is 2. The van der Waals surface area contributed by atoms with Crippen molar-refractivity contribution in [3.63, 3.8) is 0 Å². The van der Waals surface area contributed by atoms with Gasteiger partial charge in [0.2, 0.25) is 0 Å². The van der Waals surface area contributed by atoms with Crippen LogP contribution in [0.2, 0.25) is 0 Å². The lowest BCUT2D eigenvalue weighted by molar-refractivity contribution is -0.228. The van der Waals surface area contributed by atoms with E-state index < -0.39 is 29.0 Å². The third-order valence-corrected chi connectivity index (χ3v) is 9.25. The quantitative estimate of drug-likeness (QED) is 0.525. The first-order valence-corrected chi connectivity index (χ1v) is 11.7. The predicted molar refractivity (Wildman–Crippen MR) is 114 cm³/mol. The SMILES string of the molecule is CC(=O)OC1CCC2(C)C(=CCC3C2CC(OC(C)=O)C2(C)C(C(C)=O)CC(=O)C32O)C1. The minimum absolute atomic E-state index is 0.0227. The second-order valence-corrected chi connectivity index (χ2v) is 10.7. The van der Waals surface area contributed by atoms with E-state index in [1.54, 1.807) is 6.92 Å². The van der Waals surface area contributed by atoms with Crippen molar-refractivity contribution < 1.29 is 33.8 Å². The third-order valence-electron chi connectivity index (χ3n) is 9.25. The molecule has 0 amide bonds. The molecule has 7 nitrogen and oxygen atoms in total. The molecule has 0 spiro atoms. The van der Waals surface area contributed by atoms with Crippen LogP contribution in [0.4, 0.5) is 0 Å². The van der Waals surface area contributed by atoms with Gasteiger partial charge >= 0.3 is 11.9 Å². The maximum absolute atomic E-state index is 13.4. The van der Waals surface area contributed by atoms with E-state index in [4.69, 9.17) is 9.47 Å². The fourth-order valence-electron chi connectivity index (χ4n) is 7.65. The number of allylic oxidation sites excluding steroid dienone is 1. The standard InChI is InChI=1S/C25H34O7/c1-13(26)19-11-21(29)25(30)18-7-6-16-10-17(31-14(2)27)8-9-23(16,4)20(18)12-22(24(19,25)5)32-15(3)28/h6,17-20,22,30H,7-12H2,1-5H3. The van der Waals surface area contributed by atoms with Gasteiger partial charge in [0, 0.05) is 38.5 Å². The first kappa shape index (κ1) is 23.1. The van der Waals surface area contributed by atoms with Gasteiger partial charge in [-0.3, -0.25) is 19.2 Å². The molecule has 0 aromatic carbocycles. The van der Waals surface area contributed by atoms with Gasteiger partial charge in [0.25, 0.3) is 0 Å². The fourth-order valence-corrected chi connectivity index (χ4v) is 7.65. The van der Waals surface area contributed by atoms with Crippen molar-refractivity contribution in [2.24, 2.45) is 28.6 Å². The van der Waals surface area contributed by atoms with Gasteiger partial charge in [-0.05, 0) is 43.9 Å². The van der Waals surface area contributed by atoms with Crippen molar-refractivity contribution in [2.45, 2.75) is 91.0 Å². The second kappa shape index (κ2) is 7.51. The Hall–Kier alpha value is -2.02. The third kappa shape index (κ3) is 3.03. The monoisotopic (exact) mass is 446 g/mol. The van der Waals surface area contributed by atoms with Gasteiger partial charge in [-0.2, -0.15) is 0 Å². The van der Waals surface area contributed by atoms with E-state index >= 15 is 0 Å². The molecule has 32 heavy (non-hydrogen) atoms. The molecule has 4 aliphatic rings. The predicted octanol–water partition coefficient (Wildman–Crippen LogP) is 2.92. The zero-order valence-corrected chi connectivity index (χ0v) is 19.6. The number of fused-ring (bicyclic) bond motifs is 5. The second-order valence-electron chi connectivity index (χ2n) is 10.7. The molecule has 0 aromatic rings. The van der Waals surface area contributed by atoms with Crippen LogP contribution in [0.1, 0.15) is 73.1 Å².